The quantitative estimate of drug-likeness (QED) is 0.676. The molecule has 6 heteroatoms. The Morgan fingerprint density at radius 2 is 1.83 bits per heavy atom. The van der Waals surface area contributed by atoms with Crippen LogP contribution in [-0.2, 0) is 4.74 Å². The predicted octanol–water partition coefficient (Wildman–Crippen LogP) is 3.64. The van der Waals surface area contributed by atoms with Crippen LogP contribution >= 0.6 is 0 Å². The zero-order valence-electron chi connectivity index (χ0n) is 16.0. The van der Waals surface area contributed by atoms with Crippen molar-refractivity contribution in [2.24, 2.45) is 0 Å². The molecule has 2 amide bonds. The molecule has 1 fully saturated rings. The molecule has 29 heavy (non-hydrogen) atoms. The fourth-order valence-corrected chi connectivity index (χ4v) is 3.41. The van der Waals surface area contributed by atoms with Gasteiger partial charge in [-0.2, -0.15) is 0 Å². The molecule has 0 spiro atoms. The fourth-order valence-electron chi connectivity index (χ4n) is 3.41. The molecule has 1 aliphatic heterocycles. The van der Waals surface area contributed by atoms with Gasteiger partial charge in [-0.05, 0) is 55.3 Å². The monoisotopic (exact) mass is 389 g/mol. The zero-order valence-corrected chi connectivity index (χ0v) is 16.0. The topological polar surface area (TPSA) is 72.4 Å². The van der Waals surface area contributed by atoms with E-state index < -0.39 is 0 Å². The lowest BCUT2D eigenvalue weighted by Crippen LogP contribution is -2.32. The molecule has 4 rings (SSSR count). The summed E-state index contributed by atoms with van der Waals surface area (Å²) in [6.07, 6.45) is 5.89. The van der Waals surface area contributed by atoms with Crippen LogP contribution in [0.5, 0.6) is 0 Å². The summed E-state index contributed by atoms with van der Waals surface area (Å²) in [4.78, 5) is 25.4. The first-order chi connectivity index (χ1) is 14.2. The summed E-state index contributed by atoms with van der Waals surface area (Å²) in [6.45, 7) is 1.22. The summed E-state index contributed by atoms with van der Waals surface area (Å²) in [5.74, 6) is -0.490. The van der Waals surface area contributed by atoms with Gasteiger partial charge in [0.2, 0.25) is 0 Å². The highest BCUT2D eigenvalue weighted by Gasteiger charge is 2.18. The van der Waals surface area contributed by atoms with Gasteiger partial charge in [0.25, 0.3) is 11.8 Å². The van der Waals surface area contributed by atoms with Gasteiger partial charge in [-0.25, -0.2) is 0 Å². The molecular weight excluding hydrogens is 366 g/mol. The molecule has 148 valence electrons. The van der Waals surface area contributed by atoms with Crippen molar-refractivity contribution >= 4 is 17.5 Å². The minimum absolute atomic E-state index is 0.0668. The van der Waals surface area contributed by atoms with E-state index in [4.69, 9.17) is 4.74 Å². The second-order valence-electron chi connectivity index (χ2n) is 6.99. The van der Waals surface area contributed by atoms with E-state index in [0.29, 0.717) is 23.4 Å². The number of benzene rings is 2. The van der Waals surface area contributed by atoms with Gasteiger partial charge in [-0.15, -0.1) is 0 Å². The number of anilines is 1. The molecule has 2 N–H and O–H groups in total. The first-order valence-corrected chi connectivity index (χ1v) is 9.74. The summed E-state index contributed by atoms with van der Waals surface area (Å²) in [6, 6.07) is 18.2. The minimum Gasteiger partial charge on any atom is -0.376 e. The van der Waals surface area contributed by atoms with Crippen molar-refractivity contribution < 1.29 is 14.3 Å². The Labute approximate surface area is 169 Å². The number of para-hydroxylation sites is 1. The van der Waals surface area contributed by atoms with Crippen LogP contribution in [0, 0.1) is 0 Å². The maximum absolute atomic E-state index is 12.8. The van der Waals surface area contributed by atoms with Crippen molar-refractivity contribution in [3.05, 3.63) is 84.2 Å². The summed E-state index contributed by atoms with van der Waals surface area (Å²) >= 11 is 0. The van der Waals surface area contributed by atoms with Crippen LogP contribution < -0.4 is 10.6 Å². The second-order valence-corrected chi connectivity index (χ2v) is 6.99. The number of aromatic nitrogens is 1. The average Bonchev–Trinajstić information content (AvgIpc) is 3.47. The minimum atomic E-state index is -0.265. The van der Waals surface area contributed by atoms with Crippen LogP contribution in [-0.4, -0.2) is 35.6 Å². The van der Waals surface area contributed by atoms with Crippen molar-refractivity contribution in [2.75, 3.05) is 18.5 Å². The first-order valence-electron chi connectivity index (χ1n) is 9.74. The molecule has 0 radical (unpaired) electrons. The van der Waals surface area contributed by atoms with Crippen molar-refractivity contribution in [3.63, 3.8) is 0 Å². The van der Waals surface area contributed by atoms with Gasteiger partial charge in [0.15, 0.2) is 0 Å². The van der Waals surface area contributed by atoms with Crippen LogP contribution in [0.15, 0.2) is 73.1 Å². The van der Waals surface area contributed by atoms with E-state index in [1.165, 1.54) is 0 Å². The number of ether oxygens (including phenoxy) is 1. The Morgan fingerprint density at radius 1 is 1.00 bits per heavy atom. The molecule has 1 aromatic heterocycles. The number of amides is 2. The van der Waals surface area contributed by atoms with E-state index in [1.807, 2.05) is 47.3 Å². The van der Waals surface area contributed by atoms with Crippen LogP contribution in [0.4, 0.5) is 5.69 Å². The van der Waals surface area contributed by atoms with Crippen molar-refractivity contribution in [1.29, 1.82) is 0 Å². The Kier molecular flexibility index (Phi) is 5.72. The molecule has 2 aromatic carbocycles. The zero-order chi connectivity index (χ0) is 20.1. The Balaban J connectivity index is 1.47. The highest BCUT2D eigenvalue weighted by Crippen LogP contribution is 2.18. The highest BCUT2D eigenvalue weighted by atomic mass is 16.5. The smallest absolute Gasteiger partial charge is 0.255 e. The number of carbonyl (C=O) groups is 2. The van der Waals surface area contributed by atoms with Gasteiger partial charge in [0, 0.05) is 36.8 Å². The van der Waals surface area contributed by atoms with E-state index in [2.05, 4.69) is 10.6 Å². The summed E-state index contributed by atoms with van der Waals surface area (Å²) < 4.78 is 7.48. The standard InChI is InChI=1S/C23H23N3O3/c27-22(17-7-5-8-18(15-17)26-12-3-4-13-26)25-21-11-2-1-10-20(21)23(28)24-16-19-9-6-14-29-19/h1-5,7-8,10-13,15,19H,6,9,14,16H2,(H,24,28)(H,25,27)/t19-/m0/s1. The predicted molar refractivity (Wildman–Crippen MR) is 111 cm³/mol. The van der Waals surface area contributed by atoms with Gasteiger partial charge in [-0.1, -0.05) is 18.2 Å². The van der Waals surface area contributed by atoms with Gasteiger partial charge < -0.3 is 19.9 Å². The number of carbonyl (C=O) groups excluding carboxylic acids is 2. The second kappa shape index (κ2) is 8.75. The molecule has 2 heterocycles. The van der Waals surface area contributed by atoms with Gasteiger partial charge in [-0.3, -0.25) is 9.59 Å². The number of hydrogen-bond donors (Lipinski definition) is 2. The van der Waals surface area contributed by atoms with E-state index in [9.17, 15) is 9.59 Å². The van der Waals surface area contributed by atoms with Gasteiger partial charge in [0.1, 0.15) is 0 Å². The average molecular weight is 389 g/mol. The normalized spacial score (nSPS) is 15.8. The number of nitrogens with one attached hydrogen (secondary N) is 2. The SMILES string of the molecule is O=C(Nc1ccccc1C(=O)NC[C@@H]1CCCO1)c1cccc(-n2cccc2)c1. The third-order valence-electron chi connectivity index (χ3n) is 4.95. The van der Waals surface area contributed by atoms with E-state index in [0.717, 1.165) is 25.1 Å². The van der Waals surface area contributed by atoms with Crippen molar-refractivity contribution in [2.45, 2.75) is 18.9 Å². The molecule has 0 unspecified atom stereocenters. The summed E-state index contributed by atoms with van der Waals surface area (Å²) in [5.41, 5.74) is 2.32. The van der Waals surface area contributed by atoms with E-state index in [1.54, 1.807) is 30.3 Å². The molecule has 3 aromatic rings. The maximum Gasteiger partial charge on any atom is 0.255 e. The lowest BCUT2D eigenvalue weighted by molar-refractivity contribution is 0.0858. The lowest BCUT2D eigenvalue weighted by atomic mass is 10.1. The van der Waals surface area contributed by atoms with Crippen LogP contribution in [0.1, 0.15) is 33.6 Å². The molecule has 0 aliphatic carbocycles. The molecule has 0 bridgehead atoms. The highest BCUT2D eigenvalue weighted by molar-refractivity contribution is 6.09. The summed E-state index contributed by atoms with van der Waals surface area (Å²) in [7, 11) is 0. The molecule has 1 saturated heterocycles. The lowest BCUT2D eigenvalue weighted by Gasteiger charge is -2.14. The largest absolute Gasteiger partial charge is 0.376 e. The van der Waals surface area contributed by atoms with Crippen LogP contribution in [0.2, 0.25) is 0 Å². The van der Waals surface area contributed by atoms with Gasteiger partial charge >= 0.3 is 0 Å². The molecule has 1 atom stereocenters. The fraction of sp³-hybridized carbons (Fsp3) is 0.217. The van der Waals surface area contributed by atoms with Gasteiger partial charge in [0.05, 0.1) is 17.4 Å². The maximum atomic E-state index is 12.8. The van der Waals surface area contributed by atoms with Crippen LogP contribution in [0.25, 0.3) is 5.69 Å². The van der Waals surface area contributed by atoms with Crippen molar-refractivity contribution in [1.82, 2.24) is 9.88 Å². The Hall–Kier alpha value is -3.38. The number of rotatable bonds is 6. The Bertz CT molecular complexity index is 992. The third kappa shape index (κ3) is 4.55. The summed E-state index contributed by atoms with van der Waals surface area (Å²) in [5, 5.41) is 5.77. The number of nitrogens with zero attached hydrogens (tertiary/aromatic N) is 1. The molecule has 0 saturated carbocycles. The van der Waals surface area contributed by atoms with E-state index >= 15 is 0 Å². The van der Waals surface area contributed by atoms with Crippen LogP contribution in [0.3, 0.4) is 0 Å². The molecule has 6 nitrogen and oxygen atoms in total. The van der Waals surface area contributed by atoms with Crippen molar-refractivity contribution in [3.8, 4) is 5.69 Å². The number of hydrogen-bond acceptors (Lipinski definition) is 3. The Morgan fingerprint density at radius 3 is 2.62 bits per heavy atom. The first kappa shape index (κ1) is 19.0. The molecular formula is C23H23N3O3. The molecule has 1 aliphatic rings. The third-order valence-corrected chi connectivity index (χ3v) is 4.95. The van der Waals surface area contributed by atoms with E-state index in [-0.39, 0.29) is 17.9 Å².